The summed E-state index contributed by atoms with van der Waals surface area (Å²) in [6, 6.07) is 4.80. The van der Waals surface area contributed by atoms with E-state index in [1.165, 1.54) is 22.9 Å². The van der Waals surface area contributed by atoms with Crippen LogP contribution in [-0.2, 0) is 4.79 Å². The van der Waals surface area contributed by atoms with Crippen molar-refractivity contribution in [3.8, 4) is 5.69 Å². The summed E-state index contributed by atoms with van der Waals surface area (Å²) in [7, 11) is 0. The first-order valence-electron chi connectivity index (χ1n) is 7.28. The maximum absolute atomic E-state index is 13.1. The highest BCUT2D eigenvalue weighted by molar-refractivity contribution is 5.94. The summed E-state index contributed by atoms with van der Waals surface area (Å²) in [5.74, 6) is -1.97. The van der Waals surface area contributed by atoms with Crippen LogP contribution in [0.3, 0.4) is 0 Å². The molecule has 1 heterocycles. The van der Waals surface area contributed by atoms with Gasteiger partial charge in [0.05, 0.1) is 5.69 Å². The molecule has 7 heteroatoms. The summed E-state index contributed by atoms with van der Waals surface area (Å²) in [6.07, 6.45) is 2.56. The van der Waals surface area contributed by atoms with E-state index in [0.29, 0.717) is 24.1 Å². The Morgan fingerprint density at radius 3 is 2.74 bits per heavy atom. The molecular formula is C16H18FN3O3. The van der Waals surface area contributed by atoms with Gasteiger partial charge in [-0.05, 0) is 43.2 Å². The molecule has 0 radical (unpaired) electrons. The van der Waals surface area contributed by atoms with Gasteiger partial charge in [0.1, 0.15) is 11.9 Å². The summed E-state index contributed by atoms with van der Waals surface area (Å²) in [5, 5.41) is 15.7. The van der Waals surface area contributed by atoms with Gasteiger partial charge in [0.25, 0.3) is 5.91 Å². The molecule has 2 N–H and O–H groups in total. The van der Waals surface area contributed by atoms with Crippen LogP contribution in [0.25, 0.3) is 5.69 Å². The predicted octanol–water partition coefficient (Wildman–Crippen LogP) is 2.30. The highest BCUT2D eigenvalue weighted by Crippen LogP contribution is 2.15. The van der Waals surface area contributed by atoms with Crippen molar-refractivity contribution in [2.24, 2.45) is 0 Å². The number of hydrogen-bond acceptors (Lipinski definition) is 3. The smallest absolute Gasteiger partial charge is 0.326 e. The average Bonchev–Trinajstić information content (AvgIpc) is 2.96. The Bertz CT molecular complexity index is 727. The van der Waals surface area contributed by atoms with Gasteiger partial charge in [0.15, 0.2) is 5.69 Å². The summed E-state index contributed by atoms with van der Waals surface area (Å²) >= 11 is 0. The van der Waals surface area contributed by atoms with Crippen molar-refractivity contribution in [1.82, 2.24) is 15.1 Å². The van der Waals surface area contributed by atoms with E-state index in [1.807, 2.05) is 6.92 Å². The molecule has 23 heavy (non-hydrogen) atoms. The van der Waals surface area contributed by atoms with Gasteiger partial charge in [-0.1, -0.05) is 13.3 Å². The standard InChI is InChI=1S/C16H18FN3O3/c1-3-4-13(16(22)23)18-15(21)12-7-8-20(19-12)14-6-5-11(17)9-10(14)2/h5-9,13H,3-4H2,1-2H3,(H,18,21)(H,22,23). The first kappa shape index (κ1) is 16.7. The van der Waals surface area contributed by atoms with Crippen LogP contribution in [0.2, 0.25) is 0 Å². The number of halogens is 1. The molecular weight excluding hydrogens is 301 g/mol. The SMILES string of the molecule is CCCC(NC(=O)c1ccn(-c2ccc(F)cc2C)n1)C(=O)O. The minimum absolute atomic E-state index is 0.107. The monoisotopic (exact) mass is 319 g/mol. The number of aromatic nitrogens is 2. The topological polar surface area (TPSA) is 84.2 Å². The van der Waals surface area contributed by atoms with Crippen LogP contribution >= 0.6 is 0 Å². The Morgan fingerprint density at radius 2 is 2.13 bits per heavy atom. The van der Waals surface area contributed by atoms with Crippen molar-refractivity contribution < 1.29 is 19.1 Å². The highest BCUT2D eigenvalue weighted by Gasteiger charge is 2.21. The van der Waals surface area contributed by atoms with Crippen molar-refractivity contribution in [1.29, 1.82) is 0 Å². The molecule has 1 unspecified atom stereocenters. The van der Waals surface area contributed by atoms with E-state index >= 15 is 0 Å². The Kier molecular flexibility index (Phi) is 5.10. The Balaban J connectivity index is 2.18. The molecule has 1 amide bonds. The predicted molar refractivity (Wildman–Crippen MR) is 82.1 cm³/mol. The lowest BCUT2D eigenvalue weighted by Crippen LogP contribution is -2.40. The van der Waals surface area contributed by atoms with Gasteiger partial charge in [-0.15, -0.1) is 0 Å². The molecule has 0 saturated heterocycles. The number of rotatable bonds is 6. The Hall–Kier alpha value is -2.70. The van der Waals surface area contributed by atoms with Crippen molar-refractivity contribution in [2.45, 2.75) is 32.7 Å². The molecule has 6 nitrogen and oxygen atoms in total. The molecule has 0 aliphatic heterocycles. The van der Waals surface area contributed by atoms with Crippen LogP contribution in [0, 0.1) is 12.7 Å². The van der Waals surface area contributed by atoms with Crippen molar-refractivity contribution in [3.05, 3.63) is 47.5 Å². The van der Waals surface area contributed by atoms with E-state index < -0.39 is 17.9 Å². The second kappa shape index (κ2) is 7.04. The van der Waals surface area contributed by atoms with Gasteiger partial charge in [-0.2, -0.15) is 5.10 Å². The third kappa shape index (κ3) is 3.94. The Morgan fingerprint density at radius 1 is 1.39 bits per heavy atom. The quantitative estimate of drug-likeness (QED) is 0.855. The molecule has 0 aliphatic carbocycles. The number of carboxylic acids is 1. The molecule has 0 aliphatic rings. The molecule has 1 aromatic heterocycles. The number of benzene rings is 1. The van der Waals surface area contributed by atoms with E-state index in [1.54, 1.807) is 19.2 Å². The fourth-order valence-corrected chi connectivity index (χ4v) is 2.23. The third-order valence-corrected chi connectivity index (χ3v) is 3.41. The number of amides is 1. The molecule has 0 fully saturated rings. The maximum atomic E-state index is 13.1. The number of carboxylic acid groups (broad SMARTS) is 1. The zero-order valence-corrected chi connectivity index (χ0v) is 12.9. The summed E-state index contributed by atoms with van der Waals surface area (Å²) in [6.45, 7) is 3.58. The first-order valence-corrected chi connectivity index (χ1v) is 7.28. The molecule has 1 aromatic carbocycles. The zero-order chi connectivity index (χ0) is 17.0. The zero-order valence-electron chi connectivity index (χ0n) is 12.9. The van der Waals surface area contributed by atoms with Crippen LogP contribution in [-0.4, -0.2) is 32.8 Å². The first-order chi connectivity index (χ1) is 10.9. The summed E-state index contributed by atoms with van der Waals surface area (Å²) in [5.41, 5.74) is 1.43. The summed E-state index contributed by atoms with van der Waals surface area (Å²) in [4.78, 5) is 23.2. The molecule has 1 atom stereocenters. The van der Waals surface area contributed by atoms with Gasteiger partial charge >= 0.3 is 5.97 Å². The summed E-state index contributed by atoms with van der Waals surface area (Å²) < 4.78 is 14.6. The van der Waals surface area contributed by atoms with Crippen LogP contribution in [0.15, 0.2) is 30.5 Å². The van der Waals surface area contributed by atoms with E-state index in [-0.39, 0.29) is 11.5 Å². The molecule has 0 spiro atoms. The van der Waals surface area contributed by atoms with Crippen LogP contribution in [0.5, 0.6) is 0 Å². The fraction of sp³-hybridized carbons (Fsp3) is 0.312. The minimum Gasteiger partial charge on any atom is -0.480 e. The molecule has 2 rings (SSSR count). The molecule has 0 bridgehead atoms. The van der Waals surface area contributed by atoms with Crippen LogP contribution in [0.1, 0.15) is 35.8 Å². The van der Waals surface area contributed by atoms with Crippen molar-refractivity contribution in [3.63, 3.8) is 0 Å². The number of nitrogens with zero attached hydrogens (tertiary/aromatic N) is 2. The van der Waals surface area contributed by atoms with E-state index in [4.69, 9.17) is 5.11 Å². The van der Waals surface area contributed by atoms with Crippen LogP contribution < -0.4 is 5.32 Å². The van der Waals surface area contributed by atoms with E-state index in [0.717, 1.165) is 0 Å². The van der Waals surface area contributed by atoms with Crippen molar-refractivity contribution >= 4 is 11.9 Å². The minimum atomic E-state index is -1.07. The van der Waals surface area contributed by atoms with E-state index in [2.05, 4.69) is 10.4 Å². The molecule has 0 saturated carbocycles. The normalized spacial score (nSPS) is 12.0. The Labute approximate surface area is 132 Å². The van der Waals surface area contributed by atoms with Gasteiger partial charge in [0.2, 0.25) is 0 Å². The number of aryl methyl sites for hydroxylation is 1. The number of carbonyl (C=O) groups is 2. The highest BCUT2D eigenvalue weighted by atomic mass is 19.1. The lowest BCUT2D eigenvalue weighted by molar-refractivity contribution is -0.139. The number of aliphatic carboxylic acids is 1. The van der Waals surface area contributed by atoms with E-state index in [9.17, 15) is 14.0 Å². The lowest BCUT2D eigenvalue weighted by Gasteiger charge is -2.12. The number of carbonyl (C=O) groups excluding carboxylic acids is 1. The van der Waals surface area contributed by atoms with Crippen molar-refractivity contribution in [2.75, 3.05) is 0 Å². The second-order valence-corrected chi connectivity index (χ2v) is 5.23. The maximum Gasteiger partial charge on any atom is 0.326 e. The third-order valence-electron chi connectivity index (χ3n) is 3.41. The van der Waals surface area contributed by atoms with Gasteiger partial charge in [0, 0.05) is 6.20 Å². The lowest BCUT2D eigenvalue weighted by atomic mass is 10.1. The largest absolute Gasteiger partial charge is 0.480 e. The number of hydrogen-bond donors (Lipinski definition) is 2. The van der Waals surface area contributed by atoms with Crippen LogP contribution in [0.4, 0.5) is 4.39 Å². The van der Waals surface area contributed by atoms with Gasteiger partial charge in [-0.25, -0.2) is 13.9 Å². The van der Waals surface area contributed by atoms with Gasteiger partial charge < -0.3 is 10.4 Å². The number of nitrogens with one attached hydrogen (secondary N) is 1. The van der Waals surface area contributed by atoms with Gasteiger partial charge in [-0.3, -0.25) is 4.79 Å². The molecule has 2 aromatic rings. The fourth-order valence-electron chi connectivity index (χ4n) is 2.23. The second-order valence-electron chi connectivity index (χ2n) is 5.23. The molecule has 122 valence electrons. The average molecular weight is 319 g/mol.